The predicted molar refractivity (Wildman–Crippen MR) is 100 cm³/mol. The average molecular weight is 502 g/mol. The number of rotatable bonds is 6. The number of aliphatic hydroxyl groups is 9. The molecule has 3 fully saturated rings. The number of aliphatic carboxylic acids is 1. The first-order valence-electron chi connectivity index (χ1n) is 10.4. The predicted octanol–water partition coefficient (Wildman–Crippen LogP) is -6.45. The van der Waals surface area contributed by atoms with Crippen molar-refractivity contribution in [1.29, 1.82) is 0 Å². The molecule has 0 aromatic heterocycles. The fraction of sp³-hybridized carbons (Fsp3) is 0.944. The van der Waals surface area contributed by atoms with E-state index in [0.717, 1.165) is 0 Å². The number of carboxylic acids is 1. The molecule has 198 valence electrons. The summed E-state index contributed by atoms with van der Waals surface area (Å²) in [5.41, 5.74) is 0. The fourth-order valence-electron chi connectivity index (χ4n) is 3.95. The molecule has 0 spiro atoms. The molecule has 0 radical (unpaired) electrons. The van der Waals surface area contributed by atoms with Gasteiger partial charge in [0.25, 0.3) is 0 Å². The molecule has 3 saturated heterocycles. The molecule has 0 amide bonds. The molecular weight excluding hydrogens is 472 g/mol. The van der Waals surface area contributed by atoms with Crippen LogP contribution in [0.3, 0.4) is 0 Å². The lowest BCUT2D eigenvalue weighted by Gasteiger charge is -2.47. The minimum Gasteiger partial charge on any atom is -0.479 e. The smallest absolute Gasteiger partial charge is 0.335 e. The lowest BCUT2D eigenvalue weighted by Crippen LogP contribution is -2.67. The van der Waals surface area contributed by atoms with Crippen molar-refractivity contribution in [3.63, 3.8) is 0 Å². The van der Waals surface area contributed by atoms with Gasteiger partial charge in [-0.25, -0.2) is 4.79 Å². The van der Waals surface area contributed by atoms with E-state index in [2.05, 4.69) is 0 Å². The summed E-state index contributed by atoms with van der Waals surface area (Å²) in [5, 5.41) is 99.5. The fourth-order valence-corrected chi connectivity index (χ4v) is 3.95. The van der Waals surface area contributed by atoms with Crippen LogP contribution < -0.4 is 0 Å². The van der Waals surface area contributed by atoms with E-state index < -0.39 is 105 Å². The molecule has 34 heavy (non-hydrogen) atoms. The number of carboxylic acid groups (broad SMARTS) is 1. The van der Waals surface area contributed by atoms with Gasteiger partial charge in [-0.3, -0.25) is 0 Å². The molecule has 0 aromatic carbocycles. The van der Waals surface area contributed by atoms with Crippen LogP contribution in [0.2, 0.25) is 0 Å². The lowest BCUT2D eigenvalue weighted by atomic mass is 9.96. The maximum absolute atomic E-state index is 11.6. The van der Waals surface area contributed by atoms with Gasteiger partial charge in [0.15, 0.2) is 25.0 Å². The summed E-state index contributed by atoms with van der Waals surface area (Å²) in [6.07, 6.45) is -26.5. The highest BCUT2D eigenvalue weighted by Gasteiger charge is 2.54. The molecule has 3 heterocycles. The van der Waals surface area contributed by atoms with Crippen molar-refractivity contribution in [1.82, 2.24) is 0 Å². The highest BCUT2D eigenvalue weighted by Crippen LogP contribution is 2.32. The zero-order chi connectivity index (χ0) is 25.5. The zero-order valence-electron chi connectivity index (χ0n) is 17.8. The molecule has 0 aliphatic carbocycles. The van der Waals surface area contributed by atoms with E-state index in [-0.39, 0.29) is 0 Å². The number of hydrogen-bond donors (Lipinski definition) is 10. The minimum absolute atomic E-state index is 0.831. The minimum atomic E-state index is -2.06. The quantitative estimate of drug-likeness (QED) is 0.162. The van der Waals surface area contributed by atoms with Crippen LogP contribution in [0, 0.1) is 0 Å². The van der Waals surface area contributed by atoms with E-state index in [4.69, 9.17) is 23.7 Å². The van der Waals surface area contributed by atoms with Gasteiger partial charge >= 0.3 is 5.97 Å². The van der Waals surface area contributed by atoms with Crippen LogP contribution in [0.4, 0.5) is 0 Å². The Morgan fingerprint density at radius 2 is 1.29 bits per heavy atom. The summed E-state index contributed by atoms with van der Waals surface area (Å²) in [6.45, 7) is 0.525. The van der Waals surface area contributed by atoms with Crippen molar-refractivity contribution in [3.05, 3.63) is 0 Å². The van der Waals surface area contributed by atoms with Gasteiger partial charge in [0, 0.05) is 0 Å². The van der Waals surface area contributed by atoms with Gasteiger partial charge in [-0.15, -0.1) is 0 Å². The summed E-state index contributed by atoms with van der Waals surface area (Å²) >= 11 is 0. The Morgan fingerprint density at radius 1 is 0.706 bits per heavy atom. The summed E-state index contributed by atoms with van der Waals surface area (Å²) in [5.74, 6) is -1.69. The molecule has 10 N–H and O–H groups in total. The Balaban J connectivity index is 1.86. The third-order valence-electron chi connectivity index (χ3n) is 6.02. The van der Waals surface area contributed by atoms with E-state index in [1.807, 2.05) is 0 Å². The molecule has 16 nitrogen and oxygen atoms in total. The van der Waals surface area contributed by atoms with Gasteiger partial charge in [0.1, 0.15) is 61.0 Å². The molecule has 0 bridgehead atoms. The van der Waals surface area contributed by atoms with Gasteiger partial charge in [-0.05, 0) is 6.92 Å². The van der Waals surface area contributed by atoms with E-state index in [1.165, 1.54) is 6.92 Å². The monoisotopic (exact) mass is 502 g/mol. The molecule has 3 aliphatic rings. The zero-order valence-corrected chi connectivity index (χ0v) is 17.8. The van der Waals surface area contributed by atoms with Crippen LogP contribution in [0.1, 0.15) is 6.92 Å². The van der Waals surface area contributed by atoms with Crippen LogP contribution in [0.25, 0.3) is 0 Å². The van der Waals surface area contributed by atoms with Crippen LogP contribution in [0.5, 0.6) is 0 Å². The van der Waals surface area contributed by atoms with Gasteiger partial charge in [0.05, 0.1) is 12.7 Å². The van der Waals surface area contributed by atoms with Gasteiger partial charge in [0.2, 0.25) is 0 Å². The van der Waals surface area contributed by atoms with Crippen LogP contribution in [-0.2, 0) is 28.5 Å². The highest BCUT2D eigenvalue weighted by atomic mass is 16.8. The maximum Gasteiger partial charge on any atom is 0.335 e. The molecule has 15 atom stereocenters. The van der Waals surface area contributed by atoms with E-state index in [1.54, 1.807) is 0 Å². The second kappa shape index (κ2) is 10.9. The normalized spacial score (nSPS) is 52.4. The Morgan fingerprint density at radius 3 is 1.88 bits per heavy atom. The molecular formula is C18H30O16. The third kappa shape index (κ3) is 5.20. The summed E-state index contributed by atoms with van der Waals surface area (Å²) in [4.78, 5) is 11.6. The topological polar surface area (TPSA) is 266 Å². The van der Waals surface area contributed by atoms with E-state index in [0.29, 0.717) is 0 Å². The Labute approximate surface area is 192 Å². The molecule has 3 rings (SSSR count). The summed E-state index contributed by atoms with van der Waals surface area (Å²) in [7, 11) is 0. The third-order valence-corrected chi connectivity index (χ3v) is 6.02. The van der Waals surface area contributed by atoms with Crippen molar-refractivity contribution in [2.75, 3.05) is 6.61 Å². The maximum atomic E-state index is 11.6. The van der Waals surface area contributed by atoms with Gasteiger partial charge in [-0.2, -0.15) is 0 Å². The highest BCUT2D eigenvalue weighted by molar-refractivity contribution is 5.73. The van der Waals surface area contributed by atoms with Crippen molar-refractivity contribution in [2.24, 2.45) is 0 Å². The molecule has 16 heteroatoms. The summed E-state index contributed by atoms with van der Waals surface area (Å²) in [6, 6.07) is 0. The van der Waals surface area contributed by atoms with E-state index >= 15 is 0 Å². The van der Waals surface area contributed by atoms with Crippen LogP contribution in [0.15, 0.2) is 0 Å². The second-order valence-electron chi connectivity index (χ2n) is 8.36. The summed E-state index contributed by atoms with van der Waals surface area (Å²) < 4.78 is 26.3. The van der Waals surface area contributed by atoms with E-state index in [9.17, 15) is 55.9 Å². The SMILES string of the molecule is C[C@@H]1O[C@@H](O[C@H]2[C@H](O[C@H]3[C@H](O)[C@@H](O)[C@H](O)O[C@@H]3C(=O)O)O[C@H](CO)[C@@H](O)[C@@H]2O)[C@H](O)[C@H](O)[C@H]1O. The van der Waals surface area contributed by atoms with Crippen molar-refractivity contribution < 1.29 is 79.5 Å². The first-order chi connectivity index (χ1) is 15.9. The first kappa shape index (κ1) is 27.5. The number of aliphatic hydroxyl groups excluding tert-OH is 9. The van der Waals surface area contributed by atoms with Crippen LogP contribution in [-0.4, -0.2) is 156 Å². The Hall–Kier alpha value is -1.09. The number of ether oxygens (including phenoxy) is 5. The Kier molecular flexibility index (Phi) is 8.81. The van der Waals surface area contributed by atoms with Crippen LogP contribution >= 0.6 is 0 Å². The standard InChI is InChI=1S/C18H30O16/c1-3-5(20)7(22)11(26)17(30-3)34-13-8(23)6(21)4(2-19)31-18(13)33-12-9(24)10(25)16(29)32-14(12)15(27)28/h3-14,16-26,29H,2H2,1H3,(H,27,28)/t3-,4+,5-,6+,7+,8-,9+,10+,11+,12-,13+,14-,16+,17-,18-/m0/s1. The van der Waals surface area contributed by atoms with Gasteiger partial charge in [-0.1, -0.05) is 0 Å². The molecule has 0 saturated carbocycles. The molecule has 0 unspecified atom stereocenters. The Bertz CT molecular complexity index is 695. The average Bonchev–Trinajstić information content (AvgIpc) is 2.80. The first-order valence-corrected chi connectivity index (χ1v) is 10.4. The number of carbonyl (C=O) groups is 1. The molecule has 3 aliphatic heterocycles. The largest absolute Gasteiger partial charge is 0.479 e. The van der Waals surface area contributed by atoms with Crippen molar-refractivity contribution >= 4 is 5.97 Å². The van der Waals surface area contributed by atoms with Crippen molar-refractivity contribution in [2.45, 2.75) is 99.0 Å². The van der Waals surface area contributed by atoms with Gasteiger partial charge < -0.3 is 74.7 Å². The number of hydrogen-bond acceptors (Lipinski definition) is 15. The second-order valence-corrected chi connectivity index (χ2v) is 8.36. The van der Waals surface area contributed by atoms with Crippen molar-refractivity contribution in [3.8, 4) is 0 Å². The lowest BCUT2D eigenvalue weighted by molar-refractivity contribution is -0.383. The molecule has 0 aromatic rings.